The van der Waals surface area contributed by atoms with Crippen molar-refractivity contribution in [2.24, 2.45) is 0 Å². The minimum Gasteiger partial charge on any atom is -0.459 e. The predicted octanol–water partition coefficient (Wildman–Crippen LogP) is 9.83. The molecule has 6 aromatic carbocycles. The Balaban J connectivity index is 1.18. The molecule has 0 saturated carbocycles. The summed E-state index contributed by atoms with van der Waals surface area (Å²) in [5.74, 6) is -4.53. The average molecular weight is 1160 g/mol. The van der Waals surface area contributed by atoms with Crippen LogP contribution < -0.4 is 0 Å². The van der Waals surface area contributed by atoms with Crippen LogP contribution in [0.15, 0.2) is 176 Å². The molecule has 0 unspecified atom stereocenters. The fourth-order valence-electron chi connectivity index (χ4n) is 9.37. The number of hydrogen-bond donors (Lipinski definition) is 1. The number of imide groups is 1. The Morgan fingerprint density at radius 3 is 1.47 bits per heavy atom. The average Bonchev–Trinajstić information content (AvgIpc) is 3.85. The predicted molar refractivity (Wildman–Crippen MR) is 291 cm³/mol. The van der Waals surface area contributed by atoms with E-state index < -0.39 is 107 Å². The second-order valence-electron chi connectivity index (χ2n) is 18.5. The summed E-state index contributed by atoms with van der Waals surface area (Å²) in [6, 6.07) is 49.6. The zero-order chi connectivity index (χ0) is 55.3. The van der Waals surface area contributed by atoms with E-state index in [2.05, 4.69) is 0 Å². The second-order valence-corrected chi connectivity index (χ2v) is 21.0. The third-order valence-electron chi connectivity index (χ3n) is 13.1. The molecule has 3 aliphatic heterocycles. The number of nitrogens with one attached hydrogen (secondary N) is 1. The van der Waals surface area contributed by atoms with Crippen LogP contribution in [0.3, 0.4) is 0 Å². The van der Waals surface area contributed by atoms with E-state index in [9.17, 15) is 19.2 Å². The number of halogens is 4. The molecule has 2 fully saturated rings. The van der Waals surface area contributed by atoms with Gasteiger partial charge in [0.15, 0.2) is 12.4 Å². The largest absolute Gasteiger partial charge is 0.459 e. The maximum Gasteiger partial charge on any atom is 0.338 e. The van der Waals surface area contributed by atoms with Crippen molar-refractivity contribution >= 4 is 76.1 Å². The van der Waals surface area contributed by atoms with Gasteiger partial charge in [-0.15, -0.1) is 11.6 Å². The summed E-state index contributed by atoms with van der Waals surface area (Å²) >= 11 is 25.0. The lowest BCUT2D eigenvalue weighted by molar-refractivity contribution is -0.360. The number of benzene rings is 6. The SMILES string of the molecule is N=C(O[C@@H]1O[C@H](COCc2ccccc2)[C@@H](O[C@@H]2O[C@H](COC(=O)c3ccccc3)[C@H](OCc3ccccc3)[C@H](OC(=O)CCl)[C@H]2OCc2ccccc2)[C@H](OCc2ccccc2)[C@H]1N1C(=O)c2ccccc2C1=O)C(Cl)(Cl)Cl. The van der Waals surface area contributed by atoms with E-state index in [0.29, 0.717) is 11.1 Å². The first-order valence-electron chi connectivity index (χ1n) is 25.2. The van der Waals surface area contributed by atoms with E-state index in [4.69, 9.17) is 99.2 Å². The molecule has 0 spiro atoms. The summed E-state index contributed by atoms with van der Waals surface area (Å²) in [4.78, 5) is 57.8. The van der Waals surface area contributed by atoms with Crippen molar-refractivity contribution in [3.05, 3.63) is 215 Å². The minimum absolute atomic E-state index is 0.0247. The Morgan fingerprint density at radius 1 is 0.519 bits per heavy atom. The summed E-state index contributed by atoms with van der Waals surface area (Å²) in [6.45, 7) is -0.973. The van der Waals surface area contributed by atoms with E-state index in [1.54, 1.807) is 54.6 Å². The lowest BCUT2D eigenvalue weighted by Gasteiger charge is -2.51. The Labute approximate surface area is 476 Å². The molecule has 2 amide bonds. The first-order chi connectivity index (χ1) is 38.4. The van der Waals surface area contributed by atoms with Gasteiger partial charge >= 0.3 is 11.9 Å². The van der Waals surface area contributed by atoms with Crippen molar-refractivity contribution in [3.8, 4) is 0 Å². The van der Waals surface area contributed by atoms with Gasteiger partial charge in [0, 0.05) is 0 Å². The Hall–Kier alpha value is -6.25. The number of carbonyl (C=O) groups excluding carboxylic acids is 4. The normalized spacial score (nSPS) is 23.9. The van der Waals surface area contributed by atoms with E-state index in [1.807, 2.05) is 109 Å². The molecular weight excluding hydrogens is 1100 g/mol. The molecule has 10 atom stereocenters. The molecule has 16 nitrogen and oxygen atoms in total. The lowest BCUT2D eigenvalue weighted by Crippen LogP contribution is -2.69. The van der Waals surface area contributed by atoms with Crippen LogP contribution in [0.2, 0.25) is 0 Å². The van der Waals surface area contributed by atoms with Crippen LogP contribution in [0.4, 0.5) is 0 Å². The van der Waals surface area contributed by atoms with Crippen molar-refractivity contribution in [2.45, 2.75) is 91.6 Å². The quantitative estimate of drug-likeness (QED) is 0.0222. The highest BCUT2D eigenvalue weighted by Gasteiger charge is 2.59. The molecule has 3 heterocycles. The lowest BCUT2D eigenvalue weighted by atomic mass is 9.93. The van der Waals surface area contributed by atoms with Crippen LogP contribution in [0.25, 0.3) is 0 Å². The second kappa shape index (κ2) is 27.3. The molecule has 0 bridgehead atoms. The molecule has 412 valence electrons. The third kappa shape index (κ3) is 14.6. The fourth-order valence-corrected chi connectivity index (χ4v) is 9.56. The minimum atomic E-state index is -2.45. The van der Waals surface area contributed by atoms with Crippen LogP contribution in [0.1, 0.15) is 53.3 Å². The van der Waals surface area contributed by atoms with Crippen LogP contribution >= 0.6 is 46.4 Å². The number of carbonyl (C=O) groups is 4. The standard InChI is InChI=1S/C59H54Cl4N2O14/c60-30-46(66)77-51-48(71-32-38-20-8-2-9-21-38)45(36-74-55(69)41-26-14-5-15-27-41)76-57(52(51)73-34-40-24-12-4-13-25-40)78-49-44(35-70-31-37-18-6-1-7-19-37)75-56(79-58(64)59(61,62)63)47(50(49)72-33-39-22-10-3-11-23-39)65-53(67)42-28-16-17-29-43(42)54(65)68/h1-29,44-45,47-52,56-57,64H,30-36H2/t44-,45-,47-,48+,49-,50-,51+,52-,56+,57+/m1/s1. The highest BCUT2D eigenvalue weighted by Crippen LogP contribution is 2.40. The van der Waals surface area contributed by atoms with Gasteiger partial charge in [0.1, 0.15) is 55.2 Å². The molecule has 0 aromatic heterocycles. The highest BCUT2D eigenvalue weighted by molar-refractivity contribution is 6.76. The van der Waals surface area contributed by atoms with Gasteiger partial charge in [-0.25, -0.2) is 4.79 Å². The van der Waals surface area contributed by atoms with Crippen molar-refractivity contribution in [3.63, 3.8) is 0 Å². The number of nitrogens with zero attached hydrogens (tertiary/aromatic N) is 1. The number of amides is 2. The molecule has 2 saturated heterocycles. The number of esters is 2. The van der Waals surface area contributed by atoms with Crippen molar-refractivity contribution in [2.75, 3.05) is 19.1 Å². The van der Waals surface area contributed by atoms with Crippen LogP contribution in [0, 0.1) is 5.41 Å². The molecular formula is C59H54Cl4N2O14. The van der Waals surface area contributed by atoms with Gasteiger partial charge in [-0.3, -0.25) is 24.7 Å². The summed E-state index contributed by atoms with van der Waals surface area (Å²) in [5, 5.41) is 8.81. The number of fused-ring (bicyclic) bond motifs is 1. The molecule has 0 radical (unpaired) electrons. The Bertz CT molecular complexity index is 2950. The van der Waals surface area contributed by atoms with Gasteiger partial charge < -0.3 is 47.4 Å². The zero-order valence-electron chi connectivity index (χ0n) is 42.1. The van der Waals surface area contributed by atoms with E-state index in [-0.39, 0.29) is 49.7 Å². The fraction of sp³-hybridized carbons (Fsp3) is 0.305. The maximum atomic E-state index is 14.8. The topological polar surface area (TPSA) is 188 Å². The number of alkyl halides is 4. The van der Waals surface area contributed by atoms with Gasteiger partial charge in [-0.2, -0.15) is 0 Å². The summed E-state index contributed by atoms with van der Waals surface area (Å²) in [7, 11) is 0. The summed E-state index contributed by atoms with van der Waals surface area (Å²) < 4.78 is 63.5. The third-order valence-corrected chi connectivity index (χ3v) is 13.9. The van der Waals surface area contributed by atoms with E-state index in [0.717, 1.165) is 16.0 Å². The first-order valence-corrected chi connectivity index (χ1v) is 26.8. The molecule has 20 heteroatoms. The van der Waals surface area contributed by atoms with Crippen LogP contribution in [-0.2, 0) is 78.6 Å². The molecule has 3 aliphatic rings. The molecule has 6 aromatic rings. The Kier molecular flexibility index (Phi) is 19.8. The number of ether oxygens (including phenoxy) is 10. The number of rotatable bonds is 22. The van der Waals surface area contributed by atoms with Crippen molar-refractivity contribution < 1.29 is 66.5 Å². The van der Waals surface area contributed by atoms with E-state index >= 15 is 0 Å². The van der Waals surface area contributed by atoms with Crippen LogP contribution in [-0.4, -0.2) is 119 Å². The van der Waals surface area contributed by atoms with Gasteiger partial charge in [0.2, 0.25) is 12.2 Å². The number of hydrogen-bond acceptors (Lipinski definition) is 15. The smallest absolute Gasteiger partial charge is 0.338 e. The van der Waals surface area contributed by atoms with Gasteiger partial charge in [-0.05, 0) is 46.5 Å². The van der Waals surface area contributed by atoms with Crippen LogP contribution in [0.5, 0.6) is 0 Å². The van der Waals surface area contributed by atoms with Gasteiger partial charge in [0.25, 0.3) is 15.6 Å². The molecule has 0 aliphatic carbocycles. The van der Waals surface area contributed by atoms with Crippen molar-refractivity contribution in [1.82, 2.24) is 4.90 Å². The Morgan fingerprint density at radius 2 is 0.962 bits per heavy atom. The van der Waals surface area contributed by atoms with E-state index in [1.165, 1.54) is 12.1 Å². The summed E-state index contributed by atoms with van der Waals surface area (Å²) in [6.07, 6.45) is -13.0. The maximum absolute atomic E-state index is 14.8. The highest BCUT2D eigenvalue weighted by atomic mass is 35.6. The van der Waals surface area contributed by atoms with Crippen molar-refractivity contribution in [1.29, 1.82) is 5.41 Å². The molecule has 1 N–H and O–H groups in total. The molecule has 79 heavy (non-hydrogen) atoms. The summed E-state index contributed by atoms with van der Waals surface area (Å²) in [5.41, 5.74) is 3.31. The zero-order valence-corrected chi connectivity index (χ0v) is 45.2. The van der Waals surface area contributed by atoms with Gasteiger partial charge in [0.05, 0.1) is 49.7 Å². The van der Waals surface area contributed by atoms with Gasteiger partial charge in [-0.1, -0.05) is 186 Å². The molecule has 9 rings (SSSR count). The first kappa shape index (κ1) is 57.4. The monoisotopic (exact) mass is 1150 g/mol.